The molecule has 0 spiro atoms. The number of ketones is 1. The van der Waals surface area contributed by atoms with E-state index < -0.39 is 42.7 Å². The van der Waals surface area contributed by atoms with Gasteiger partial charge < -0.3 is 20.0 Å². The normalized spacial score (nSPS) is 12.2. The number of hydrogen-bond donors (Lipinski definition) is 2. The molecule has 0 unspecified atom stereocenters. The molecule has 3 amide bonds. The summed E-state index contributed by atoms with van der Waals surface area (Å²) in [6, 6.07) is 18.5. The number of carboxylic acids is 1. The number of fused-ring (bicyclic) bond motifs is 2. The number of carbonyl (C=O) groups excluding carboxylic acids is 4. The van der Waals surface area contributed by atoms with Crippen molar-refractivity contribution in [3.63, 3.8) is 0 Å². The summed E-state index contributed by atoms with van der Waals surface area (Å²) in [6.45, 7) is -1.16. The van der Waals surface area contributed by atoms with Gasteiger partial charge in [0.1, 0.15) is 12.4 Å². The summed E-state index contributed by atoms with van der Waals surface area (Å²) < 4.78 is 7.02. The molecule has 0 fully saturated rings. The van der Waals surface area contributed by atoms with Crippen molar-refractivity contribution in [3.8, 4) is 5.75 Å². The first-order valence-corrected chi connectivity index (χ1v) is 11.8. The van der Waals surface area contributed by atoms with E-state index in [1.165, 1.54) is 18.2 Å². The van der Waals surface area contributed by atoms with E-state index in [4.69, 9.17) is 20.4 Å². The molecule has 0 atom stereocenters. The third kappa shape index (κ3) is 4.59. The van der Waals surface area contributed by atoms with Crippen LogP contribution in [0, 0.1) is 0 Å². The minimum Gasteiger partial charge on any atom is -0.480 e. The van der Waals surface area contributed by atoms with Crippen LogP contribution in [0.2, 0.25) is 0 Å². The second kappa shape index (κ2) is 10.6. The Morgan fingerprint density at radius 3 is 2.10 bits per heavy atom. The first-order valence-electron chi connectivity index (χ1n) is 11.8. The number of hydroxylamine groups is 2. The average molecular weight is 797 g/mol. The Balaban J connectivity index is 0.00000370. The van der Waals surface area contributed by atoms with Gasteiger partial charge in [-0.05, 0) is 29.8 Å². The molecule has 198 valence electrons. The second-order valence-corrected chi connectivity index (χ2v) is 8.65. The number of ether oxygens (including phenoxy) is 1. The van der Waals surface area contributed by atoms with Crippen molar-refractivity contribution in [2.75, 3.05) is 6.61 Å². The van der Waals surface area contributed by atoms with E-state index in [9.17, 15) is 24.0 Å². The number of imide groups is 1. The van der Waals surface area contributed by atoms with Crippen LogP contribution in [0.5, 0.6) is 5.75 Å². The van der Waals surface area contributed by atoms with Crippen LogP contribution in [0.1, 0.15) is 47.9 Å². The van der Waals surface area contributed by atoms with Crippen molar-refractivity contribution in [1.82, 2.24) is 9.46 Å². The fourth-order valence-electron chi connectivity index (χ4n) is 4.56. The number of benzene rings is 2. The molecule has 0 saturated heterocycles. The summed E-state index contributed by atoms with van der Waals surface area (Å²) >= 11 is 0. The quantitative estimate of drug-likeness (QED) is 0.141. The molecule has 2 aromatic carbocycles. The van der Waals surface area contributed by atoms with Crippen LogP contribution in [0.25, 0.3) is 5.52 Å². The zero-order valence-electron chi connectivity index (χ0n) is 21.0. The van der Waals surface area contributed by atoms with Crippen molar-refractivity contribution in [2.45, 2.75) is 13.0 Å². The number of rotatable bonds is 10. The summed E-state index contributed by atoms with van der Waals surface area (Å²) in [6.07, 6.45) is 1.86. The van der Waals surface area contributed by atoms with Crippen LogP contribution in [0.3, 0.4) is 0 Å². The molecule has 2 aromatic heterocycles. The first kappa shape index (κ1) is 26.8. The van der Waals surface area contributed by atoms with Gasteiger partial charge in [0.05, 0.1) is 22.2 Å². The molecule has 4 aromatic rings. The largest absolute Gasteiger partial charge is 0.480 e. The number of aliphatic carboxylic acids is 1. The number of aromatic nitrogens is 1. The van der Waals surface area contributed by atoms with E-state index in [1.54, 1.807) is 28.8 Å². The number of carbonyl (C=O) groups is 5. The molecule has 5 rings (SSSR count). The number of primary amides is 1. The van der Waals surface area contributed by atoms with Gasteiger partial charge in [-0.25, -0.2) is 4.79 Å². The zero-order valence-corrected chi connectivity index (χ0v) is 27.5. The SMILES string of the molecule is NC(=O)C(=O)c1c(CON2C(=O)c3ccccc3C2=O)c(Cc2ccccc2)n2cccc(OCC(=O)O)c12.[Bh]. The summed E-state index contributed by atoms with van der Waals surface area (Å²) in [5.41, 5.74) is 7.18. The van der Waals surface area contributed by atoms with Gasteiger partial charge in [0, 0.05) is 23.9 Å². The van der Waals surface area contributed by atoms with Gasteiger partial charge in [-0.15, -0.1) is 5.06 Å². The van der Waals surface area contributed by atoms with Crippen LogP contribution in [0.4, 0.5) is 0 Å². The monoisotopic (exact) mass is 797 g/mol. The molecule has 1 aliphatic heterocycles. The number of hydrogen-bond acceptors (Lipinski definition) is 7. The van der Waals surface area contributed by atoms with Gasteiger partial charge in [-0.3, -0.25) is 24.0 Å². The Hall–Kier alpha value is -6.29. The van der Waals surface area contributed by atoms with Crippen molar-refractivity contribution >= 4 is 35.0 Å². The molecular weight excluding hydrogens is 776 g/mol. The third-order valence-corrected chi connectivity index (χ3v) is 6.25. The summed E-state index contributed by atoms with van der Waals surface area (Å²) in [7, 11) is 0. The Morgan fingerprint density at radius 2 is 1.50 bits per heavy atom. The van der Waals surface area contributed by atoms with Crippen molar-refractivity contribution in [3.05, 3.63) is 106 Å². The zero-order chi connectivity index (χ0) is 27.7. The molecule has 0 bridgehead atoms. The van der Waals surface area contributed by atoms with Gasteiger partial charge in [0.25, 0.3) is 23.5 Å². The van der Waals surface area contributed by atoms with Gasteiger partial charge in [-0.1, -0.05) is 42.5 Å². The molecule has 0 saturated carbocycles. The predicted octanol–water partition coefficient (Wildman–Crippen LogP) is 2.39. The van der Waals surface area contributed by atoms with Crippen LogP contribution in [-0.4, -0.2) is 50.7 Å². The van der Waals surface area contributed by atoms with Crippen LogP contribution in [0.15, 0.2) is 72.9 Å². The second-order valence-electron chi connectivity index (χ2n) is 8.65. The molecule has 0 radical (unpaired) electrons. The Labute approximate surface area is 220 Å². The fourth-order valence-corrected chi connectivity index (χ4v) is 4.56. The smallest absolute Gasteiger partial charge is 0.341 e. The third-order valence-electron chi connectivity index (χ3n) is 6.25. The fraction of sp³-hybridized carbons (Fsp3) is 0.107. The van der Waals surface area contributed by atoms with Crippen molar-refractivity contribution in [1.29, 1.82) is 0 Å². The van der Waals surface area contributed by atoms with E-state index in [0.29, 0.717) is 10.8 Å². The maximum absolute atomic E-state index is 13.2. The number of nitrogens with zero attached hydrogens (tertiary/aromatic N) is 2. The van der Waals surface area contributed by atoms with Crippen molar-refractivity contribution in [2.24, 2.45) is 5.73 Å². The number of nitrogens with two attached hydrogens (primary N) is 1. The Morgan fingerprint density at radius 1 is 0.875 bits per heavy atom. The van der Waals surface area contributed by atoms with Crippen LogP contribution < -0.4 is 10.5 Å². The maximum Gasteiger partial charge on any atom is 0.341 e. The van der Waals surface area contributed by atoms with Gasteiger partial charge >= 0.3 is 5.97 Å². The Bertz CT molecular complexity index is 1630. The standard InChI is InChI=1S/C28H21N3O8.Bh/c29-26(35)25(34)23-19(14-39-31-27(36)17-9-4-5-10-18(17)28(31)37)20(13-16-7-2-1-3-8-16)30-12-6-11-21(24(23)30)38-15-22(32)33;/h1-12H,13-15H2,(H2,29,35)(H,32,33);. The van der Waals surface area contributed by atoms with E-state index in [1.807, 2.05) is 30.3 Å². The maximum atomic E-state index is 13.2. The molecule has 0 aliphatic carbocycles. The first-order chi connectivity index (χ1) is 18.8. The van der Waals surface area contributed by atoms with Crippen LogP contribution >= 0.6 is 0 Å². The minimum atomic E-state index is -1.26. The molecule has 12 heteroatoms. The van der Waals surface area contributed by atoms with E-state index in [0.717, 1.165) is 5.56 Å². The van der Waals surface area contributed by atoms with Gasteiger partial charge in [0.15, 0.2) is 6.61 Å². The van der Waals surface area contributed by atoms with E-state index in [2.05, 4.69) is 0 Å². The van der Waals surface area contributed by atoms with E-state index in [-0.39, 0.29) is 39.9 Å². The topological polar surface area (TPSA) is 158 Å². The minimum absolute atomic E-state index is 0. The van der Waals surface area contributed by atoms with Crippen LogP contribution in [-0.2, 0) is 27.5 Å². The number of pyridine rings is 1. The summed E-state index contributed by atoms with van der Waals surface area (Å²) in [5, 5.41) is 9.75. The molecule has 1 aliphatic rings. The molecule has 3 N–H and O–H groups in total. The number of Topliss-reactive ketones (excluding diaryl/α,β-unsaturated/α-hetero) is 1. The molecule has 3 heterocycles. The number of carboxylic acid groups (broad SMARTS) is 1. The molecule has 40 heavy (non-hydrogen) atoms. The number of amides is 3. The van der Waals surface area contributed by atoms with Crippen molar-refractivity contribution < 1.29 is 38.7 Å². The summed E-state index contributed by atoms with van der Waals surface area (Å²) in [5.74, 6) is -4.90. The van der Waals surface area contributed by atoms with Gasteiger partial charge in [-0.2, -0.15) is 0 Å². The van der Waals surface area contributed by atoms with E-state index >= 15 is 0 Å². The Kier molecular flexibility index (Phi) is 7.09. The van der Waals surface area contributed by atoms with Gasteiger partial charge in [0.2, 0.25) is 0 Å². The summed E-state index contributed by atoms with van der Waals surface area (Å²) in [4.78, 5) is 67.9. The molecular formula is C28H21BhN3O8. The average Bonchev–Trinajstić information content (AvgIpc) is 3.37. The predicted molar refractivity (Wildman–Crippen MR) is 135 cm³/mol. The molecule has 11 nitrogen and oxygen atoms in total.